The summed E-state index contributed by atoms with van der Waals surface area (Å²) in [5.41, 5.74) is 8.40. The molecule has 0 aliphatic rings. The van der Waals surface area contributed by atoms with Crippen LogP contribution in [0.15, 0.2) is 39.2 Å². The zero-order valence-electron chi connectivity index (χ0n) is 11.2. The van der Waals surface area contributed by atoms with E-state index in [1.165, 1.54) is 11.3 Å². The average molecular weight is 338 g/mol. The third-order valence-electron chi connectivity index (χ3n) is 2.75. The second-order valence-corrected chi connectivity index (χ2v) is 7.08. The Balaban J connectivity index is 1.72. The Morgan fingerprint density at radius 3 is 2.95 bits per heavy atom. The fourth-order valence-electron chi connectivity index (χ4n) is 1.80. The summed E-state index contributed by atoms with van der Waals surface area (Å²) in [5, 5.41) is 1.26. The molecule has 0 saturated carbocycles. The van der Waals surface area contributed by atoms with Gasteiger partial charge in [0.2, 0.25) is 5.89 Å². The number of anilines is 1. The second kappa shape index (κ2) is 6.09. The number of thioether (sulfide) groups is 1. The number of halogens is 1. The van der Waals surface area contributed by atoms with Gasteiger partial charge in [0.05, 0.1) is 15.6 Å². The van der Waals surface area contributed by atoms with E-state index >= 15 is 0 Å². The van der Waals surface area contributed by atoms with Crippen molar-refractivity contribution in [3.63, 3.8) is 0 Å². The van der Waals surface area contributed by atoms with E-state index < -0.39 is 0 Å². The van der Waals surface area contributed by atoms with Crippen molar-refractivity contribution in [2.24, 2.45) is 0 Å². The van der Waals surface area contributed by atoms with Gasteiger partial charge in [-0.3, -0.25) is 0 Å². The van der Waals surface area contributed by atoms with E-state index in [0.717, 1.165) is 21.2 Å². The highest BCUT2D eigenvalue weighted by Gasteiger charge is 2.10. The van der Waals surface area contributed by atoms with Crippen LogP contribution in [0, 0.1) is 6.92 Å². The summed E-state index contributed by atoms with van der Waals surface area (Å²) in [5.74, 6) is 1.29. The highest BCUT2D eigenvalue weighted by Crippen LogP contribution is 2.33. The van der Waals surface area contributed by atoms with E-state index in [1.54, 1.807) is 18.0 Å². The summed E-state index contributed by atoms with van der Waals surface area (Å²) in [4.78, 5) is 8.68. The van der Waals surface area contributed by atoms with E-state index in [9.17, 15) is 0 Å². The number of hydrogen-bond acceptors (Lipinski definition) is 6. The van der Waals surface area contributed by atoms with Crippen molar-refractivity contribution >= 4 is 39.8 Å². The van der Waals surface area contributed by atoms with E-state index in [4.69, 9.17) is 21.8 Å². The van der Waals surface area contributed by atoms with E-state index in [-0.39, 0.29) is 0 Å². The Hall–Kier alpha value is -1.50. The molecule has 0 atom stereocenters. The Morgan fingerprint density at radius 2 is 2.24 bits per heavy atom. The molecule has 3 rings (SSSR count). The van der Waals surface area contributed by atoms with Crippen LogP contribution in [0.3, 0.4) is 0 Å². The van der Waals surface area contributed by atoms with Crippen LogP contribution in [-0.4, -0.2) is 9.97 Å². The molecule has 0 fully saturated rings. The number of nitrogen functional groups attached to an aromatic ring is 1. The molecule has 1 aromatic carbocycles. The minimum absolute atomic E-state index is 0.577. The molecule has 108 valence electrons. The molecule has 0 aliphatic heterocycles. The maximum Gasteiger partial charge on any atom is 0.226 e. The van der Waals surface area contributed by atoms with Gasteiger partial charge in [-0.05, 0) is 25.1 Å². The molecule has 2 aromatic heterocycles. The van der Waals surface area contributed by atoms with Crippen LogP contribution in [0.2, 0.25) is 5.02 Å². The molecular weight excluding hydrogens is 326 g/mol. The van der Waals surface area contributed by atoms with E-state index in [0.29, 0.717) is 21.8 Å². The van der Waals surface area contributed by atoms with Crippen LogP contribution < -0.4 is 5.73 Å². The van der Waals surface area contributed by atoms with Crippen molar-refractivity contribution in [3.8, 4) is 11.5 Å². The number of aromatic nitrogens is 2. The van der Waals surface area contributed by atoms with E-state index in [2.05, 4.69) is 9.97 Å². The fraction of sp³-hybridized carbons (Fsp3) is 0.143. The number of nitrogens with two attached hydrogens (primary N) is 1. The summed E-state index contributed by atoms with van der Waals surface area (Å²) in [6, 6.07) is 7.45. The minimum atomic E-state index is 0.577. The quantitative estimate of drug-likeness (QED) is 0.703. The Morgan fingerprint density at radius 1 is 1.38 bits per heavy atom. The molecule has 0 bridgehead atoms. The van der Waals surface area contributed by atoms with Gasteiger partial charge >= 0.3 is 0 Å². The van der Waals surface area contributed by atoms with Crippen LogP contribution in [-0.2, 0) is 5.75 Å². The van der Waals surface area contributed by atoms with Crippen LogP contribution in [0.5, 0.6) is 0 Å². The van der Waals surface area contributed by atoms with Gasteiger partial charge in [0, 0.05) is 16.3 Å². The normalized spacial score (nSPS) is 11.0. The smallest absolute Gasteiger partial charge is 0.226 e. The van der Waals surface area contributed by atoms with Crippen molar-refractivity contribution in [2.45, 2.75) is 16.9 Å². The molecule has 0 radical (unpaired) electrons. The molecule has 7 heteroatoms. The number of benzene rings is 1. The standard InChI is InChI=1S/C14H12ClN3OS2/c1-8-13(21-14(16)17-8)20-7-11-6-19-12(18-11)9-3-2-4-10(15)5-9/h2-6H,7H2,1H3,(H2,16,17). The van der Waals surface area contributed by atoms with Gasteiger partial charge in [-0.2, -0.15) is 0 Å². The largest absolute Gasteiger partial charge is 0.444 e. The van der Waals surface area contributed by atoms with Crippen molar-refractivity contribution in [2.75, 3.05) is 5.73 Å². The number of hydrogen-bond donors (Lipinski definition) is 1. The van der Waals surface area contributed by atoms with Crippen molar-refractivity contribution in [1.82, 2.24) is 9.97 Å². The monoisotopic (exact) mass is 337 g/mol. The first-order valence-electron chi connectivity index (χ1n) is 6.18. The fourth-order valence-corrected chi connectivity index (χ4v) is 3.89. The number of nitrogens with zero attached hydrogens (tertiary/aromatic N) is 2. The molecule has 2 N–H and O–H groups in total. The zero-order valence-corrected chi connectivity index (χ0v) is 13.6. The summed E-state index contributed by atoms with van der Waals surface area (Å²) < 4.78 is 6.62. The van der Waals surface area contributed by atoms with Crippen molar-refractivity contribution in [3.05, 3.63) is 46.9 Å². The minimum Gasteiger partial charge on any atom is -0.444 e. The van der Waals surface area contributed by atoms with Crippen LogP contribution in [0.1, 0.15) is 11.4 Å². The van der Waals surface area contributed by atoms with Crippen LogP contribution >= 0.6 is 34.7 Å². The molecule has 0 aliphatic carbocycles. The predicted octanol–water partition coefficient (Wildman–Crippen LogP) is 4.63. The molecule has 21 heavy (non-hydrogen) atoms. The maximum atomic E-state index is 5.97. The summed E-state index contributed by atoms with van der Waals surface area (Å²) in [7, 11) is 0. The molecule has 2 heterocycles. The van der Waals surface area contributed by atoms with Gasteiger partial charge in [-0.1, -0.05) is 29.0 Å². The number of rotatable bonds is 4. The van der Waals surface area contributed by atoms with Gasteiger partial charge in [0.25, 0.3) is 0 Å². The van der Waals surface area contributed by atoms with Gasteiger partial charge in [0.1, 0.15) is 6.26 Å². The molecule has 0 unspecified atom stereocenters. The van der Waals surface area contributed by atoms with Crippen molar-refractivity contribution in [1.29, 1.82) is 0 Å². The van der Waals surface area contributed by atoms with Gasteiger partial charge in [-0.15, -0.1) is 11.8 Å². The predicted molar refractivity (Wildman–Crippen MR) is 87.8 cm³/mol. The average Bonchev–Trinajstić information content (AvgIpc) is 3.03. The third-order valence-corrected chi connectivity index (χ3v) is 5.36. The van der Waals surface area contributed by atoms with E-state index in [1.807, 2.05) is 31.2 Å². The number of oxazole rings is 1. The molecular formula is C14H12ClN3OS2. The van der Waals surface area contributed by atoms with Gasteiger partial charge in [-0.25, -0.2) is 9.97 Å². The molecule has 0 saturated heterocycles. The SMILES string of the molecule is Cc1nc(N)sc1SCc1coc(-c2cccc(Cl)c2)n1. The molecule has 0 spiro atoms. The maximum absolute atomic E-state index is 5.97. The summed E-state index contributed by atoms with van der Waals surface area (Å²) in [6.07, 6.45) is 1.67. The van der Waals surface area contributed by atoms with Gasteiger partial charge in [0.15, 0.2) is 5.13 Å². The first-order valence-corrected chi connectivity index (χ1v) is 8.36. The Labute approximate surface area is 135 Å². The second-order valence-electron chi connectivity index (χ2n) is 4.37. The lowest BCUT2D eigenvalue weighted by atomic mass is 10.2. The molecule has 4 nitrogen and oxygen atoms in total. The highest BCUT2D eigenvalue weighted by atomic mass is 35.5. The third kappa shape index (κ3) is 3.40. The first-order chi connectivity index (χ1) is 10.1. The lowest BCUT2D eigenvalue weighted by molar-refractivity contribution is 0.573. The summed E-state index contributed by atoms with van der Waals surface area (Å²) in [6.45, 7) is 1.95. The Kier molecular flexibility index (Phi) is 4.19. The summed E-state index contributed by atoms with van der Waals surface area (Å²) >= 11 is 9.12. The molecule has 0 amide bonds. The number of thiazole rings is 1. The highest BCUT2D eigenvalue weighted by molar-refractivity contribution is 8.00. The van der Waals surface area contributed by atoms with Gasteiger partial charge < -0.3 is 10.2 Å². The lowest BCUT2D eigenvalue weighted by Gasteiger charge is -1.96. The van der Waals surface area contributed by atoms with Crippen LogP contribution in [0.4, 0.5) is 5.13 Å². The Bertz CT molecular complexity index is 769. The number of aryl methyl sites for hydroxylation is 1. The zero-order chi connectivity index (χ0) is 14.8. The van der Waals surface area contributed by atoms with Crippen LogP contribution in [0.25, 0.3) is 11.5 Å². The topological polar surface area (TPSA) is 64.9 Å². The van der Waals surface area contributed by atoms with Crippen molar-refractivity contribution < 1.29 is 4.42 Å². The first kappa shape index (κ1) is 14.4. The lowest BCUT2D eigenvalue weighted by Crippen LogP contribution is -1.83. The molecule has 3 aromatic rings.